The van der Waals surface area contributed by atoms with Gasteiger partial charge in [0.05, 0.1) is 13.2 Å². The monoisotopic (exact) mass is 190 g/mol. The zero-order valence-corrected chi connectivity index (χ0v) is 6.71. The van der Waals surface area contributed by atoms with Crippen LogP contribution in [0.15, 0.2) is 12.2 Å². The van der Waals surface area contributed by atoms with Gasteiger partial charge in [-0.2, -0.15) is 0 Å². The fourth-order valence-corrected chi connectivity index (χ4v) is 0.361. The summed E-state index contributed by atoms with van der Waals surface area (Å²) in [7, 11) is 0. The van der Waals surface area contributed by atoms with Crippen molar-refractivity contribution in [3.63, 3.8) is 0 Å². The van der Waals surface area contributed by atoms with Gasteiger partial charge >= 0.3 is 11.9 Å². The summed E-state index contributed by atoms with van der Waals surface area (Å²) in [6, 6.07) is 0. The minimum Gasteiger partial charge on any atom is -0.394 e. The summed E-state index contributed by atoms with van der Waals surface area (Å²) in [5.41, 5.74) is 0. The lowest BCUT2D eigenvalue weighted by Gasteiger charge is -1.96. The maximum Gasteiger partial charge on any atom is 0.338 e. The molecule has 0 aromatic carbocycles. The van der Waals surface area contributed by atoms with Crippen LogP contribution in [-0.2, 0) is 14.3 Å². The molecule has 0 atom stereocenters. The number of carbonyl (C=O) groups excluding carboxylic acids is 2. The molecule has 6 heteroatoms. The predicted octanol–water partition coefficient (Wildman–Crippen LogP) is -2.04. The lowest BCUT2D eigenvalue weighted by Crippen LogP contribution is -2.15. The average Bonchev–Trinajstić information content (AvgIpc) is 2.49. The first kappa shape index (κ1) is 11.8. The Kier molecular flexibility index (Phi) is 5.69. The molecule has 0 saturated heterocycles. The molecule has 0 amide bonds. The molecule has 1 rings (SSSR count). The van der Waals surface area contributed by atoms with E-state index in [9.17, 15) is 9.59 Å². The topological polar surface area (TPSA) is 104 Å². The molecule has 1 heterocycles. The van der Waals surface area contributed by atoms with E-state index in [-0.39, 0.29) is 13.2 Å². The van der Waals surface area contributed by atoms with Gasteiger partial charge in [0.25, 0.3) is 0 Å². The van der Waals surface area contributed by atoms with Gasteiger partial charge in [-0.05, 0) is 0 Å². The largest absolute Gasteiger partial charge is 0.394 e. The maximum atomic E-state index is 9.92. The van der Waals surface area contributed by atoms with E-state index in [4.69, 9.17) is 15.3 Å². The van der Waals surface area contributed by atoms with Crippen molar-refractivity contribution in [3.8, 4) is 0 Å². The molecule has 0 radical (unpaired) electrons. The second-order valence-corrected chi connectivity index (χ2v) is 2.09. The van der Waals surface area contributed by atoms with E-state index in [1.165, 1.54) is 0 Å². The van der Waals surface area contributed by atoms with E-state index >= 15 is 0 Å². The highest BCUT2D eigenvalue weighted by Crippen LogP contribution is 1.92. The smallest absolute Gasteiger partial charge is 0.338 e. The molecule has 0 aliphatic carbocycles. The van der Waals surface area contributed by atoms with E-state index in [0.29, 0.717) is 0 Å². The summed E-state index contributed by atoms with van der Waals surface area (Å²) in [5, 5.41) is 24.0. The first-order valence-electron chi connectivity index (χ1n) is 3.43. The van der Waals surface area contributed by atoms with E-state index < -0.39 is 18.0 Å². The number of carbonyl (C=O) groups is 2. The van der Waals surface area contributed by atoms with Crippen molar-refractivity contribution in [1.29, 1.82) is 0 Å². The Morgan fingerprint density at radius 2 is 1.54 bits per heavy atom. The van der Waals surface area contributed by atoms with Crippen LogP contribution in [0.25, 0.3) is 0 Å². The lowest BCUT2D eigenvalue weighted by molar-refractivity contribution is -0.150. The van der Waals surface area contributed by atoms with Crippen LogP contribution in [0.4, 0.5) is 0 Å². The maximum absolute atomic E-state index is 9.92. The minimum absolute atomic E-state index is 0.365. The van der Waals surface area contributed by atoms with Crippen molar-refractivity contribution in [2.45, 2.75) is 6.10 Å². The van der Waals surface area contributed by atoms with E-state index in [0.717, 1.165) is 12.2 Å². The number of rotatable bonds is 2. The summed E-state index contributed by atoms with van der Waals surface area (Å²) in [5.74, 6) is -1.16. The van der Waals surface area contributed by atoms with Gasteiger partial charge in [-0.1, -0.05) is 0 Å². The molecule has 3 N–H and O–H groups in total. The Bertz CT molecular complexity index is 189. The molecule has 6 nitrogen and oxygen atoms in total. The number of hydrogen-bond donors (Lipinski definition) is 3. The van der Waals surface area contributed by atoms with Gasteiger partial charge in [0.15, 0.2) is 0 Å². The van der Waals surface area contributed by atoms with Crippen LogP contribution in [0, 0.1) is 0 Å². The summed E-state index contributed by atoms with van der Waals surface area (Å²) in [4.78, 5) is 19.8. The molecule has 74 valence electrons. The molecular formula is C7H10O6. The Labute approximate surface area is 74.1 Å². The zero-order chi connectivity index (χ0) is 10.3. The molecule has 1 aliphatic rings. The van der Waals surface area contributed by atoms with Crippen molar-refractivity contribution in [3.05, 3.63) is 12.2 Å². The van der Waals surface area contributed by atoms with Crippen molar-refractivity contribution >= 4 is 11.9 Å². The van der Waals surface area contributed by atoms with Crippen molar-refractivity contribution < 1.29 is 29.6 Å². The molecule has 13 heavy (non-hydrogen) atoms. The molecule has 0 saturated carbocycles. The Morgan fingerprint density at radius 3 is 1.62 bits per heavy atom. The third kappa shape index (κ3) is 5.97. The number of aliphatic hydroxyl groups excluding tert-OH is 3. The van der Waals surface area contributed by atoms with Gasteiger partial charge < -0.3 is 20.1 Å². The highest BCUT2D eigenvalue weighted by molar-refractivity contribution is 6.04. The molecule has 0 fully saturated rings. The fraction of sp³-hybridized carbons (Fsp3) is 0.429. The van der Waals surface area contributed by atoms with Crippen LogP contribution in [0.3, 0.4) is 0 Å². The molecule has 0 unspecified atom stereocenters. The first-order valence-corrected chi connectivity index (χ1v) is 3.43. The minimum atomic E-state index is -0.954. The highest BCUT2D eigenvalue weighted by Gasteiger charge is 2.10. The number of hydrogen-bond acceptors (Lipinski definition) is 6. The standard InChI is InChI=1S/C4H2O3.C3H8O3/c5-3-1-2-4(6)7-3;4-1-3(6)2-5/h1-2H;3-6H,1-2H2. The Hall–Kier alpha value is -1.24. The zero-order valence-electron chi connectivity index (χ0n) is 6.71. The number of esters is 2. The van der Waals surface area contributed by atoms with Crippen LogP contribution in [0.1, 0.15) is 0 Å². The number of aliphatic hydroxyl groups is 3. The normalized spacial score (nSPS) is 14.2. The summed E-state index contributed by atoms with van der Waals surface area (Å²) in [6.07, 6.45) is 1.22. The summed E-state index contributed by atoms with van der Waals surface area (Å²) in [6.45, 7) is -0.729. The fourth-order valence-electron chi connectivity index (χ4n) is 0.361. The lowest BCUT2D eigenvalue weighted by atomic mass is 10.4. The number of ether oxygens (including phenoxy) is 1. The van der Waals surface area contributed by atoms with Crippen LogP contribution in [0.5, 0.6) is 0 Å². The van der Waals surface area contributed by atoms with Crippen molar-refractivity contribution in [2.24, 2.45) is 0 Å². The molecular weight excluding hydrogens is 180 g/mol. The predicted molar refractivity (Wildman–Crippen MR) is 40.4 cm³/mol. The van der Waals surface area contributed by atoms with E-state index in [2.05, 4.69) is 4.74 Å². The van der Waals surface area contributed by atoms with Gasteiger partial charge in [-0.15, -0.1) is 0 Å². The van der Waals surface area contributed by atoms with E-state index in [1.807, 2.05) is 0 Å². The summed E-state index contributed by atoms with van der Waals surface area (Å²) >= 11 is 0. The Balaban J connectivity index is 0.000000226. The van der Waals surface area contributed by atoms with Gasteiger partial charge in [0.2, 0.25) is 0 Å². The van der Waals surface area contributed by atoms with Gasteiger partial charge in [0, 0.05) is 12.2 Å². The molecule has 1 aliphatic heterocycles. The van der Waals surface area contributed by atoms with Gasteiger partial charge in [-0.3, -0.25) is 0 Å². The van der Waals surface area contributed by atoms with Crippen molar-refractivity contribution in [2.75, 3.05) is 13.2 Å². The van der Waals surface area contributed by atoms with E-state index in [1.54, 1.807) is 0 Å². The molecule has 0 aromatic heterocycles. The quantitative estimate of drug-likeness (QED) is 0.342. The first-order chi connectivity index (χ1) is 6.10. The third-order valence-corrected chi connectivity index (χ3v) is 0.978. The van der Waals surface area contributed by atoms with Crippen LogP contribution in [-0.4, -0.2) is 46.6 Å². The molecule has 0 spiro atoms. The van der Waals surface area contributed by atoms with Gasteiger partial charge in [-0.25, -0.2) is 9.59 Å². The molecule has 0 bridgehead atoms. The SMILES string of the molecule is O=C1C=CC(=O)O1.OCC(O)CO. The van der Waals surface area contributed by atoms with Crippen LogP contribution >= 0.6 is 0 Å². The third-order valence-electron chi connectivity index (χ3n) is 0.978. The molecule has 0 aromatic rings. The highest BCUT2D eigenvalue weighted by atomic mass is 16.6. The second kappa shape index (κ2) is 6.30. The number of cyclic esters (lactones) is 2. The van der Waals surface area contributed by atoms with Gasteiger partial charge in [0.1, 0.15) is 6.10 Å². The van der Waals surface area contributed by atoms with Crippen molar-refractivity contribution in [1.82, 2.24) is 0 Å². The van der Waals surface area contributed by atoms with Crippen LogP contribution in [0.2, 0.25) is 0 Å². The second-order valence-electron chi connectivity index (χ2n) is 2.09. The van der Waals surface area contributed by atoms with Crippen LogP contribution < -0.4 is 0 Å². The summed E-state index contributed by atoms with van der Waals surface area (Å²) < 4.78 is 3.97. The Morgan fingerprint density at radius 1 is 1.15 bits per heavy atom. The average molecular weight is 190 g/mol.